The number of amides is 1. The van der Waals surface area contributed by atoms with E-state index in [1.807, 2.05) is 6.92 Å². The average Bonchev–Trinajstić information content (AvgIpc) is 3.17. The van der Waals surface area contributed by atoms with Gasteiger partial charge in [0.15, 0.2) is 0 Å². The van der Waals surface area contributed by atoms with E-state index in [0.29, 0.717) is 38.4 Å². The summed E-state index contributed by atoms with van der Waals surface area (Å²) in [5.74, 6) is -0.336. The second kappa shape index (κ2) is 7.94. The summed E-state index contributed by atoms with van der Waals surface area (Å²) in [7, 11) is -3.55. The molecule has 1 aromatic carbocycles. The van der Waals surface area contributed by atoms with Crippen molar-refractivity contribution in [1.29, 1.82) is 0 Å². The number of rotatable bonds is 6. The van der Waals surface area contributed by atoms with Gasteiger partial charge >= 0.3 is 11.8 Å². The Morgan fingerprint density at radius 1 is 1.23 bits per heavy atom. The summed E-state index contributed by atoms with van der Waals surface area (Å²) >= 11 is 0. The molecule has 140 valence electrons. The van der Waals surface area contributed by atoms with E-state index in [2.05, 4.69) is 15.5 Å². The first-order valence-electron chi connectivity index (χ1n) is 8.32. The van der Waals surface area contributed by atoms with Crippen LogP contribution in [0.15, 0.2) is 33.7 Å². The second-order valence-corrected chi connectivity index (χ2v) is 7.66. The highest BCUT2D eigenvalue weighted by Crippen LogP contribution is 2.21. The fraction of sp³-hybridized carbons (Fsp3) is 0.438. The molecular weight excluding hydrogens is 360 g/mol. The van der Waals surface area contributed by atoms with Gasteiger partial charge in [-0.1, -0.05) is 12.1 Å². The molecule has 1 saturated heterocycles. The molecule has 2 aromatic rings. The number of morpholine rings is 1. The van der Waals surface area contributed by atoms with Gasteiger partial charge in [0.2, 0.25) is 15.8 Å². The Kier molecular flexibility index (Phi) is 5.64. The monoisotopic (exact) mass is 380 g/mol. The van der Waals surface area contributed by atoms with Crippen LogP contribution in [-0.4, -0.2) is 61.6 Å². The van der Waals surface area contributed by atoms with Crippen LogP contribution in [-0.2, 0) is 14.8 Å². The van der Waals surface area contributed by atoms with Crippen LogP contribution in [0, 0.1) is 0 Å². The number of hydrogen-bond donors (Lipinski definition) is 1. The molecule has 10 heteroatoms. The summed E-state index contributed by atoms with van der Waals surface area (Å²) in [4.78, 5) is 16.0. The predicted octanol–water partition coefficient (Wildman–Crippen LogP) is 0.897. The Hall–Kier alpha value is -2.30. The number of hydrogen-bond acceptors (Lipinski definition) is 7. The molecule has 3 rings (SSSR count). The fourth-order valence-electron chi connectivity index (χ4n) is 2.46. The number of nitrogens with zero attached hydrogens (tertiary/aromatic N) is 3. The third kappa shape index (κ3) is 3.92. The summed E-state index contributed by atoms with van der Waals surface area (Å²) in [5.41, 5.74) is 0.559. The minimum atomic E-state index is -3.55. The molecule has 1 N–H and O–H groups in total. The van der Waals surface area contributed by atoms with Crippen molar-refractivity contribution in [2.45, 2.75) is 18.2 Å². The molecule has 9 nitrogen and oxygen atoms in total. The maximum atomic E-state index is 12.6. The van der Waals surface area contributed by atoms with Gasteiger partial charge in [-0.15, -0.1) is 0 Å². The van der Waals surface area contributed by atoms with Crippen molar-refractivity contribution in [1.82, 2.24) is 19.8 Å². The van der Waals surface area contributed by atoms with Gasteiger partial charge in [-0.3, -0.25) is 4.79 Å². The lowest BCUT2D eigenvalue weighted by Gasteiger charge is -2.26. The van der Waals surface area contributed by atoms with Crippen LogP contribution in [0.25, 0.3) is 11.4 Å². The smallest absolute Gasteiger partial charge is 0.316 e. The van der Waals surface area contributed by atoms with Crippen molar-refractivity contribution >= 4 is 15.9 Å². The molecule has 0 aliphatic carbocycles. The van der Waals surface area contributed by atoms with Crippen molar-refractivity contribution in [3.63, 3.8) is 0 Å². The zero-order chi connectivity index (χ0) is 18.6. The van der Waals surface area contributed by atoms with E-state index in [9.17, 15) is 13.2 Å². The number of carbonyl (C=O) groups is 1. The molecule has 1 fully saturated rings. The molecule has 1 aliphatic heterocycles. The largest absolute Gasteiger partial charge is 0.379 e. The molecular formula is C16H20N4O5S. The normalized spacial score (nSPS) is 15.7. The van der Waals surface area contributed by atoms with Gasteiger partial charge in [0, 0.05) is 25.2 Å². The quantitative estimate of drug-likeness (QED) is 0.791. The van der Waals surface area contributed by atoms with Crippen LogP contribution < -0.4 is 5.32 Å². The number of nitrogens with one attached hydrogen (secondary N) is 1. The van der Waals surface area contributed by atoms with Crippen molar-refractivity contribution in [3.8, 4) is 11.4 Å². The first kappa shape index (κ1) is 18.5. The van der Waals surface area contributed by atoms with Crippen LogP contribution in [0.3, 0.4) is 0 Å². The SMILES string of the molecule is CCCNC(=O)c1nc(-c2ccc(S(=O)(=O)N3CCOCC3)cc2)no1. The average molecular weight is 380 g/mol. The maximum Gasteiger partial charge on any atom is 0.316 e. The first-order chi connectivity index (χ1) is 12.5. The van der Waals surface area contributed by atoms with E-state index < -0.39 is 15.9 Å². The lowest BCUT2D eigenvalue weighted by Crippen LogP contribution is -2.40. The van der Waals surface area contributed by atoms with Crippen LogP contribution >= 0.6 is 0 Å². The van der Waals surface area contributed by atoms with Gasteiger partial charge in [0.05, 0.1) is 18.1 Å². The molecule has 0 unspecified atom stereocenters. The highest BCUT2D eigenvalue weighted by molar-refractivity contribution is 7.89. The van der Waals surface area contributed by atoms with E-state index in [1.165, 1.54) is 16.4 Å². The number of sulfonamides is 1. The topological polar surface area (TPSA) is 115 Å². The minimum absolute atomic E-state index is 0.126. The number of ether oxygens (including phenoxy) is 1. The van der Waals surface area contributed by atoms with Crippen molar-refractivity contribution in [3.05, 3.63) is 30.2 Å². The Morgan fingerprint density at radius 2 is 1.92 bits per heavy atom. The molecule has 0 atom stereocenters. The van der Waals surface area contributed by atoms with Crippen molar-refractivity contribution in [2.75, 3.05) is 32.8 Å². The van der Waals surface area contributed by atoms with Crippen molar-refractivity contribution < 1.29 is 22.5 Å². The zero-order valence-electron chi connectivity index (χ0n) is 14.3. The third-order valence-corrected chi connectivity index (χ3v) is 5.79. The molecule has 26 heavy (non-hydrogen) atoms. The Bertz CT molecular complexity index is 857. The molecule has 1 aromatic heterocycles. The lowest BCUT2D eigenvalue weighted by atomic mass is 10.2. The van der Waals surface area contributed by atoms with E-state index in [0.717, 1.165) is 6.42 Å². The van der Waals surface area contributed by atoms with Crippen LogP contribution in [0.1, 0.15) is 24.0 Å². The second-order valence-electron chi connectivity index (χ2n) is 5.72. The van der Waals surface area contributed by atoms with E-state index in [1.54, 1.807) is 12.1 Å². The highest BCUT2D eigenvalue weighted by atomic mass is 32.2. The fourth-order valence-corrected chi connectivity index (χ4v) is 3.87. The summed E-state index contributed by atoms with van der Waals surface area (Å²) in [6.45, 7) is 3.92. The molecule has 1 amide bonds. The molecule has 1 aliphatic rings. The lowest BCUT2D eigenvalue weighted by molar-refractivity contribution is 0.0730. The highest BCUT2D eigenvalue weighted by Gasteiger charge is 2.26. The van der Waals surface area contributed by atoms with E-state index in [-0.39, 0.29) is 16.6 Å². The molecule has 2 heterocycles. The summed E-state index contributed by atoms with van der Waals surface area (Å²) < 4.78 is 36.7. The van der Waals surface area contributed by atoms with Crippen molar-refractivity contribution in [2.24, 2.45) is 0 Å². The molecule has 0 saturated carbocycles. The summed E-state index contributed by atoms with van der Waals surface area (Å²) in [6, 6.07) is 6.17. The van der Waals surface area contributed by atoms with Gasteiger partial charge in [-0.25, -0.2) is 8.42 Å². The molecule has 0 spiro atoms. The van der Waals surface area contributed by atoms with Gasteiger partial charge < -0.3 is 14.6 Å². The van der Waals surface area contributed by atoms with Gasteiger partial charge in [-0.2, -0.15) is 9.29 Å². The van der Waals surface area contributed by atoms with Crippen LogP contribution in [0.4, 0.5) is 0 Å². The number of aromatic nitrogens is 2. The maximum absolute atomic E-state index is 12.6. The zero-order valence-corrected chi connectivity index (χ0v) is 15.2. The standard InChI is InChI=1S/C16H20N4O5S/c1-2-7-17-15(21)16-18-14(19-25-16)12-3-5-13(6-4-12)26(22,23)20-8-10-24-11-9-20/h3-6H,2,7-11H2,1H3,(H,17,21). The third-order valence-electron chi connectivity index (χ3n) is 3.88. The minimum Gasteiger partial charge on any atom is -0.379 e. The van der Waals surface area contributed by atoms with E-state index in [4.69, 9.17) is 9.26 Å². The van der Waals surface area contributed by atoms with Crippen LogP contribution in [0.2, 0.25) is 0 Å². The summed E-state index contributed by atoms with van der Waals surface area (Å²) in [6.07, 6.45) is 0.797. The molecule has 0 radical (unpaired) electrons. The Morgan fingerprint density at radius 3 is 2.58 bits per heavy atom. The number of benzene rings is 1. The predicted molar refractivity (Wildman–Crippen MR) is 91.9 cm³/mol. The molecule has 0 bridgehead atoms. The first-order valence-corrected chi connectivity index (χ1v) is 9.76. The number of carbonyl (C=O) groups excluding carboxylic acids is 1. The van der Waals surface area contributed by atoms with Gasteiger partial charge in [0.25, 0.3) is 0 Å². The van der Waals surface area contributed by atoms with Gasteiger partial charge in [0.1, 0.15) is 0 Å². The Labute approximate surface area is 151 Å². The summed E-state index contributed by atoms with van der Waals surface area (Å²) in [5, 5.41) is 6.42. The Balaban J connectivity index is 1.75. The van der Waals surface area contributed by atoms with E-state index >= 15 is 0 Å². The van der Waals surface area contributed by atoms with Gasteiger partial charge in [-0.05, 0) is 30.7 Å². The van der Waals surface area contributed by atoms with Crippen LogP contribution in [0.5, 0.6) is 0 Å².